The summed E-state index contributed by atoms with van der Waals surface area (Å²) in [5.41, 5.74) is 12.7. The molecule has 4 nitrogen and oxygen atoms in total. The lowest BCUT2D eigenvalue weighted by Gasteiger charge is -2.30. The normalized spacial score (nSPS) is 13.4. The predicted molar refractivity (Wildman–Crippen MR) is 112 cm³/mol. The number of halogens is 1. The summed E-state index contributed by atoms with van der Waals surface area (Å²) in [6.45, 7) is 10.8. The van der Waals surface area contributed by atoms with Crippen LogP contribution >= 0.6 is 12.4 Å². The number of hydrogen-bond acceptors (Lipinski definition) is 3. The number of rotatable bonds is 3. The molecule has 0 fully saturated rings. The van der Waals surface area contributed by atoms with E-state index in [4.69, 9.17) is 10.7 Å². The molecule has 1 aliphatic heterocycles. The van der Waals surface area contributed by atoms with Gasteiger partial charge < -0.3 is 15.2 Å². The molecule has 1 aliphatic rings. The number of pyridine rings is 1. The Morgan fingerprint density at radius 1 is 1.23 bits per heavy atom. The van der Waals surface area contributed by atoms with Crippen LogP contribution in [0.3, 0.4) is 0 Å². The third-order valence-electron chi connectivity index (χ3n) is 5.36. The Balaban J connectivity index is 0.00000196. The number of hydrogen-bond donors (Lipinski definition) is 1. The van der Waals surface area contributed by atoms with Crippen LogP contribution in [0.4, 0.5) is 11.6 Å². The van der Waals surface area contributed by atoms with Crippen LogP contribution in [0.1, 0.15) is 22.4 Å². The van der Waals surface area contributed by atoms with E-state index >= 15 is 0 Å². The maximum Gasteiger partial charge on any atom is 0.155 e. The second kappa shape index (κ2) is 7.04. The molecule has 0 radical (unpaired) electrons. The number of fused-ring (bicyclic) bond motifs is 2. The Hall–Kier alpha value is -2.46. The summed E-state index contributed by atoms with van der Waals surface area (Å²) < 4.78 is 2.31. The van der Waals surface area contributed by atoms with Gasteiger partial charge in [-0.1, -0.05) is 30.3 Å². The molecule has 0 bridgehead atoms. The molecule has 5 heteroatoms. The summed E-state index contributed by atoms with van der Waals surface area (Å²) in [6, 6.07) is 10.7. The lowest BCUT2D eigenvalue weighted by Crippen LogP contribution is -2.31. The molecule has 26 heavy (non-hydrogen) atoms. The molecule has 0 atom stereocenters. The molecule has 1 aromatic carbocycles. The molecular weight excluding hydrogens is 344 g/mol. The van der Waals surface area contributed by atoms with E-state index in [-0.39, 0.29) is 12.4 Å². The van der Waals surface area contributed by atoms with Gasteiger partial charge in [-0.15, -0.1) is 19.0 Å². The highest BCUT2D eigenvalue weighted by molar-refractivity contribution is 5.95. The number of allylic oxidation sites excluding steroid dienone is 1. The molecule has 0 saturated carbocycles. The van der Waals surface area contributed by atoms with Gasteiger partial charge in [-0.3, -0.25) is 0 Å². The Bertz CT molecular complexity index is 974. The number of benzene rings is 1. The van der Waals surface area contributed by atoms with E-state index in [0.717, 1.165) is 31.9 Å². The highest BCUT2D eigenvalue weighted by Gasteiger charge is 2.23. The van der Waals surface area contributed by atoms with Crippen molar-refractivity contribution in [2.75, 3.05) is 17.2 Å². The molecule has 3 heterocycles. The molecule has 0 saturated heterocycles. The van der Waals surface area contributed by atoms with Crippen LogP contribution in [-0.4, -0.2) is 16.1 Å². The van der Waals surface area contributed by atoms with Crippen molar-refractivity contribution >= 4 is 34.9 Å². The lowest BCUT2D eigenvalue weighted by molar-refractivity contribution is 0.719. The fraction of sp³-hybridized carbons (Fsp3) is 0.286. The number of aromatic nitrogens is 2. The van der Waals surface area contributed by atoms with Gasteiger partial charge in [0.05, 0.1) is 5.52 Å². The number of nitrogens with zero attached hydrogens (tertiary/aromatic N) is 3. The van der Waals surface area contributed by atoms with E-state index in [1.54, 1.807) is 0 Å². The Labute approximate surface area is 160 Å². The van der Waals surface area contributed by atoms with E-state index in [1.807, 2.05) is 12.1 Å². The second-order valence-corrected chi connectivity index (χ2v) is 6.82. The summed E-state index contributed by atoms with van der Waals surface area (Å²) in [5, 5.41) is 1.20. The largest absolute Gasteiger partial charge is 0.384 e. The summed E-state index contributed by atoms with van der Waals surface area (Å²) in [4.78, 5) is 7.10. The molecule has 0 aliphatic carbocycles. The van der Waals surface area contributed by atoms with Crippen LogP contribution in [0.5, 0.6) is 0 Å². The van der Waals surface area contributed by atoms with Crippen molar-refractivity contribution in [1.29, 1.82) is 0 Å². The van der Waals surface area contributed by atoms with Gasteiger partial charge in [0.1, 0.15) is 5.82 Å². The first-order chi connectivity index (χ1) is 12.1. The molecule has 0 amide bonds. The van der Waals surface area contributed by atoms with Crippen molar-refractivity contribution < 1.29 is 0 Å². The van der Waals surface area contributed by atoms with E-state index in [9.17, 15) is 0 Å². The Morgan fingerprint density at radius 3 is 2.69 bits per heavy atom. The maximum absolute atomic E-state index is 6.16. The predicted octanol–water partition coefficient (Wildman–Crippen LogP) is 4.41. The molecule has 136 valence electrons. The van der Waals surface area contributed by atoms with Gasteiger partial charge >= 0.3 is 0 Å². The molecule has 4 rings (SSSR count). The zero-order valence-electron chi connectivity index (χ0n) is 15.3. The van der Waals surface area contributed by atoms with Gasteiger partial charge in [-0.05, 0) is 43.0 Å². The first-order valence-corrected chi connectivity index (χ1v) is 8.78. The van der Waals surface area contributed by atoms with Crippen LogP contribution in [-0.2, 0) is 19.5 Å². The summed E-state index contributed by atoms with van der Waals surface area (Å²) in [5.74, 6) is 1.57. The molecular formula is C21H25ClN4. The van der Waals surface area contributed by atoms with Crippen LogP contribution in [0.15, 0.2) is 43.0 Å². The average Bonchev–Trinajstić information content (AvgIpc) is 2.86. The zero-order chi connectivity index (χ0) is 17.6. The molecule has 2 aromatic heterocycles. The highest BCUT2D eigenvalue weighted by atomic mass is 35.5. The number of anilines is 2. The van der Waals surface area contributed by atoms with Crippen LogP contribution in [0.25, 0.3) is 10.9 Å². The Kier molecular flexibility index (Phi) is 4.97. The van der Waals surface area contributed by atoms with Gasteiger partial charge in [0.2, 0.25) is 0 Å². The van der Waals surface area contributed by atoms with Crippen LogP contribution in [0, 0.1) is 13.8 Å². The smallest absolute Gasteiger partial charge is 0.155 e. The van der Waals surface area contributed by atoms with Crippen molar-refractivity contribution in [1.82, 2.24) is 9.55 Å². The summed E-state index contributed by atoms with van der Waals surface area (Å²) >= 11 is 0. The van der Waals surface area contributed by atoms with Crippen molar-refractivity contribution in [3.05, 3.63) is 65.4 Å². The first-order valence-electron chi connectivity index (χ1n) is 8.78. The van der Waals surface area contributed by atoms with Crippen molar-refractivity contribution in [2.24, 2.45) is 0 Å². The quantitative estimate of drug-likeness (QED) is 0.697. The standard InChI is InChI=1S/C21H24N4.ClH/c1-4-10-25-15(3)14(2)18-12-19(22)23-21(20(18)25)24-11-9-16-7-5-6-8-17(16)13-24;/h4-8,12H,1,9-11,13H2,2-3H3,(H2,22,23);1H. The SMILES string of the molecule is C=CCn1c(C)c(C)c2cc(N)nc(N3CCc4ccccc4C3)c21.Cl. The molecule has 2 N–H and O–H groups in total. The maximum atomic E-state index is 6.16. The monoisotopic (exact) mass is 368 g/mol. The van der Waals surface area contributed by atoms with Gasteiger partial charge in [0.15, 0.2) is 5.82 Å². The number of nitrogens with two attached hydrogens (primary N) is 1. The van der Waals surface area contributed by atoms with E-state index in [0.29, 0.717) is 5.82 Å². The highest BCUT2D eigenvalue weighted by Crippen LogP contribution is 2.35. The third kappa shape index (κ3) is 2.84. The first kappa shape index (κ1) is 18.3. The van der Waals surface area contributed by atoms with Crippen molar-refractivity contribution in [3.63, 3.8) is 0 Å². The van der Waals surface area contributed by atoms with Gasteiger partial charge in [-0.2, -0.15) is 0 Å². The summed E-state index contributed by atoms with van der Waals surface area (Å²) in [6.07, 6.45) is 2.98. The van der Waals surface area contributed by atoms with Crippen LogP contribution < -0.4 is 10.6 Å². The molecule has 0 unspecified atom stereocenters. The minimum Gasteiger partial charge on any atom is -0.384 e. The number of nitrogen functional groups attached to an aromatic ring is 1. The van der Waals surface area contributed by atoms with Gasteiger partial charge in [0.25, 0.3) is 0 Å². The van der Waals surface area contributed by atoms with E-state index in [1.165, 1.54) is 33.3 Å². The lowest BCUT2D eigenvalue weighted by atomic mass is 10.00. The topological polar surface area (TPSA) is 47.1 Å². The van der Waals surface area contributed by atoms with E-state index in [2.05, 4.69) is 54.2 Å². The van der Waals surface area contributed by atoms with Crippen molar-refractivity contribution in [3.8, 4) is 0 Å². The zero-order valence-corrected chi connectivity index (χ0v) is 16.1. The fourth-order valence-corrected chi connectivity index (χ4v) is 3.92. The Morgan fingerprint density at radius 2 is 1.96 bits per heavy atom. The molecule has 3 aromatic rings. The second-order valence-electron chi connectivity index (χ2n) is 6.82. The van der Waals surface area contributed by atoms with Crippen molar-refractivity contribution in [2.45, 2.75) is 33.4 Å². The minimum atomic E-state index is 0. The number of aryl methyl sites for hydroxylation is 1. The molecule has 0 spiro atoms. The fourth-order valence-electron chi connectivity index (χ4n) is 3.92. The van der Waals surface area contributed by atoms with E-state index < -0.39 is 0 Å². The average molecular weight is 369 g/mol. The minimum absolute atomic E-state index is 0. The summed E-state index contributed by atoms with van der Waals surface area (Å²) in [7, 11) is 0. The van der Waals surface area contributed by atoms with Gasteiger partial charge in [-0.25, -0.2) is 4.98 Å². The van der Waals surface area contributed by atoms with Gasteiger partial charge in [0, 0.05) is 30.7 Å². The van der Waals surface area contributed by atoms with Crippen LogP contribution in [0.2, 0.25) is 0 Å². The third-order valence-corrected chi connectivity index (χ3v) is 5.36.